The first kappa shape index (κ1) is 222. The van der Waals surface area contributed by atoms with Gasteiger partial charge in [0.15, 0.2) is 0 Å². The van der Waals surface area contributed by atoms with Crippen LogP contribution >= 0.6 is 0 Å². The van der Waals surface area contributed by atoms with Gasteiger partial charge >= 0.3 is 0 Å². The van der Waals surface area contributed by atoms with E-state index in [0.29, 0.717) is 0 Å². The van der Waals surface area contributed by atoms with E-state index in [2.05, 4.69) is 173 Å². The molecule has 0 fully saturated rings. The highest BCUT2D eigenvalue weighted by Gasteiger charge is 1.82. The van der Waals surface area contributed by atoms with Gasteiger partial charge < -0.3 is 123 Å². The molecule has 0 spiro atoms. The van der Waals surface area contributed by atoms with Gasteiger partial charge in [-0.1, -0.05) is 211 Å². The number of rotatable bonds is 6. The summed E-state index contributed by atoms with van der Waals surface area (Å²) in [5.74, 6) is 5.31. The van der Waals surface area contributed by atoms with Crippen molar-refractivity contribution in [1.82, 2.24) is 30.8 Å². The predicted molar refractivity (Wildman–Crippen MR) is 366 cm³/mol. The smallest absolute Gasteiger partial charge is 0.106 e. The first-order valence-corrected chi connectivity index (χ1v) is 24.7. The SMILES string of the molecule is C=O.C=O.C=O.C=O.C=O.C=O.C=O.C=O.C=O.C=O.C=O.CC.CC.CCC.CCC(C)C.CCC(C)C.CCC(C)C.CCC(C)C.CCC(C)C.CCC(C)C.CCO.CN.CN.CN.CN.CN.CN.N.N.N.N.N. The maximum atomic E-state index is 8.00. The second-order valence-electron chi connectivity index (χ2n) is 11.8. The van der Waals surface area contributed by atoms with Crippen LogP contribution in [0.25, 0.3) is 0 Å². The lowest BCUT2D eigenvalue weighted by molar-refractivity contribution is -0.0987. The van der Waals surface area contributed by atoms with Crippen molar-refractivity contribution in [3.63, 3.8) is 0 Å². The Labute approximate surface area is 498 Å². The lowest BCUT2D eigenvalue weighted by atomic mass is 10.2. The van der Waals surface area contributed by atoms with E-state index >= 15 is 0 Å². The molecule has 23 nitrogen and oxygen atoms in total. The van der Waals surface area contributed by atoms with Crippen molar-refractivity contribution < 1.29 is 57.8 Å². The second-order valence-corrected chi connectivity index (χ2v) is 11.8. The molecule has 0 unspecified atom stereocenters. The molecule has 0 aliphatic rings. The molecule has 0 atom stereocenters. The number of carbonyl (C=O) groups excluding carboxylic acids is 11. The Morgan fingerprint density at radius 2 is 0.241 bits per heavy atom. The highest BCUT2D eigenvalue weighted by atomic mass is 16.2. The standard InChI is InChI=1S/6C5H12.C3H8.C2H6O.2C2H6.6CH5N.11CH2O.5H3N/c6*1-4-5(2)3;1-3-2;1-2-3;19*1-2;;;;;/h6*5H,4H2,1-3H3;3H2,1-2H3;3H,2H2,1H3;2*1-2H3;6*2H2,1H3;11*1H2;5*1H3. The summed E-state index contributed by atoms with van der Waals surface area (Å²) in [6.07, 6.45) is 9.08. The number of aliphatic hydroxyl groups excluding tert-OH is 1. The molecule has 0 bridgehead atoms. The molecule has 79 heavy (non-hydrogen) atoms. The van der Waals surface area contributed by atoms with E-state index in [1.165, 1.54) is 87.2 Å². The molecule has 0 aliphatic carbocycles. The van der Waals surface area contributed by atoms with Gasteiger partial charge in [0.2, 0.25) is 0 Å². The lowest BCUT2D eigenvalue weighted by Gasteiger charge is -1.90. The predicted octanol–water partition coefficient (Wildman–Crippen LogP) is 12.0. The number of hydrogen-bond donors (Lipinski definition) is 12. The summed E-state index contributed by atoms with van der Waals surface area (Å²) < 4.78 is 0. The summed E-state index contributed by atoms with van der Waals surface area (Å²) in [6.45, 7) is 76.0. The van der Waals surface area contributed by atoms with Crippen molar-refractivity contribution in [2.24, 2.45) is 69.9 Å². The van der Waals surface area contributed by atoms with E-state index in [9.17, 15) is 0 Å². The highest BCUT2D eigenvalue weighted by Crippen LogP contribution is 1.96. The summed E-state index contributed by atoms with van der Waals surface area (Å²) in [4.78, 5) is 88.0. The van der Waals surface area contributed by atoms with Crippen LogP contribution in [-0.4, -0.2) is 129 Å². The monoisotopic (exact) mass is 1180 g/mol. The van der Waals surface area contributed by atoms with E-state index in [1.54, 1.807) is 6.92 Å². The van der Waals surface area contributed by atoms with Crippen LogP contribution in [0.15, 0.2) is 0 Å². The molecule has 0 rings (SSSR count). The van der Waals surface area contributed by atoms with Crippen LogP contribution in [0.5, 0.6) is 0 Å². The van der Waals surface area contributed by atoms with E-state index in [1.807, 2.05) is 102 Å². The Balaban J connectivity index is -0.00000000977. The lowest BCUT2D eigenvalue weighted by Crippen LogP contribution is -1.77. The second kappa shape index (κ2) is 819. The van der Waals surface area contributed by atoms with Crippen LogP contribution in [0.3, 0.4) is 0 Å². The third kappa shape index (κ3) is 6130. The number of carbonyl (C=O) groups is 11. The van der Waals surface area contributed by atoms with E-state index in [0.717, 1.165) is 35.5 Å². The topological polar surface area (TPSA) is 539 Å². The Bertz CT molecular complexity index is 363. The van der Waals surface area contributed by atoms with E-state index in [4.69, 9.17) is 57.8 Å². The van der Waals surface area contributed by atoms with Gasteiger partial charge in [0.05, 0.1) is 0 Å². The third-order valence-electron chi connectivity index (χ3n) is 4.90. The zero-order chi connectivity index (χ0) is 69.1. The first-order valence-electron chi connectivity index (χ1n) is 24.7. The molecule has 0 saturated carbocycles. The zero-order valence-corrected chi connectivity index (χ0v) is 59.8. The van der Waals surface area contributed by atoms with Crippen LogP contribution in [0.4, 0.5) is 0 Å². The molecule has 0 aromatic rings. The van der Waals surface area contributed by atoms with Crippen molar-refractivity contribution in [1.29, 1.82) is 0 Å². The van der Waals surface area contributed by atoms with E-state index in [-0.39, 0.29) is 37.4 Å². The van der Waals surface area contributed by atoms with Gasteiger partial charge in [0.1, 0.15) is 74.7 Å². The largest absolute Gasteiger partial charge is 0.397 e. The van der Waals surface area contributed by atoms with Crippen LogP contribution in [0.2, 0.25) is 0 Å². The van der Waals surface area contributed by atoms with Gasteiger partial charge in [0.25, 0.3) is 0 Å². The highest BCUT2D eigenvalue weighted by molar-refractivity contribution is 5.12. The molecular weight excluding hydrogens is 1020 g/mol. The molecule has 0 aromatic carbocycles. The molecule has 0 aromatic heterocycles. The molecule has 0 aliphatic heterocycles. The van der Waals surface area contributed by atoms with Gasteiger partial charge in [-0.3, -0.25) is 0 Å². The van der Waals surface area contributed by atoms with Gasteiger partial charge in [-0.25, -0.2) is 0 Å². The van der Waals surface area contributed by atoms with Crippen LogP contribution in [0, 0.1) is 35.5 Å². The normalized spacial score (nSPS) is 5.27. The van der Waals surface area contributed by atoms with Crippen molar-refractivity contribution in [3.05, 3.63) is 0 Å². The van der Waals surface area contributed by atoms with Gasteiger partial charge in [-0.15, -0.1) is 0 Å². The first-order chi connectivity index (χ1) is 35.4. The zero-order valence-electron chi connectivity index (χ0n) is 59.8. The maximum absolute atomic E-state index is 8.00. The molecule has 0 saturated heterocycles. The van der Waals surface area contributed by atoms with Gasteiger partial charge in [-0.05, 0) is 84.7 Å². The molecule has 0 radical (unpaired) electrons. The molecule has 0 amide bonds. The summed E-state index contributed by atoms with van der Waals surface area (Å²) >= 11 is 0. The van der Waals surface area contributed by atoms with Crippen LogP contribution < -0.4 is 65.2 Å². The summed E-state index contributed by atoms with van der Waals surface area (Å²) in [5.41, 5.74) is 27.0. The molecule has 0 heterocycles. The summed E-state index contributed by atoms with van der Waals surface area (Å²) in [7, 11) is 9.00. The van der Waals surface area contributed by atoms with Crippen molar-refractivity contribution >= 4 is 74.7 Å². The maximum Gasteiger partial charge on any atom is 0.106 e. The van der Waals surface area contributed by atoms with E-state index < -0.39 is 0 Å². The average Bonchev–Trinajstić information content (AvgIpc) is 3.51. The quantitative estimate of drug-likeness (QED) is 0.117. The van der Waals surface area contributed by atoms with Crippen molar-refractivity contribution in [2.45, 2.75) is 218 Å². The Kier molecular flexibility index (Phi) is 2310. The van der Waals surface area contributed by atoms with Crippen LogP contribution in [0.1, 0.15) is 218 Å². The average molecular weight is 1190 g/mol. The van der Waals surface area contributed by atoms with Gasteiger partial charge in [0, 0.05) is 6.61 Å². The molecule has 516 valence electrons. The number of nitrogens with two attached hydrogens (primary N) is 6. The Morgan fingerprint density at radius 3 is 0.241 bits per heavy atom. The molecule has 28 N–H and O–H groups in total. The fourth-order valence-electron chi connectivity index (χ4n) is 0. The Morgan fingerprint density at radius 1 is 0.228 bits per heavy atom. The fraction of sp³-hybridized carbons (Fsp3) is 0.804. The van der Waals surface area contributed by atoms with Gasteiger partial charge in [-0.2, -0.15) is 0 Å². The molecule has 23 heteroatoms. The minimum Gasteiger partial charge on any atom is -0.397 e. The minimum absolute atomic E-state index is 0. The Hall–Kier alpha value is -4.11. The summed E-state index contributed by atoms with van der Waals surface area (Å²) in [6, 6.07) is 0. The van der Waals surface area contributed by atoms with Crippen LogP contribution in [-0.2, 0) is 52.7 Å². The minimum atomic E-state index is 0. The number of hydrogen-bond acceptors (Lipinski definition) is 23. The van der Waals surface area contributed by atoms with Crippen molar-refractivity contribution in [2.75, 3.05) is 48.9 Å². The third-order valence-corrected chi connectivity index (χ3v) is 4.90. The molecular formula is C56H165N11O12. The fourth-order valence-corrected chi connectivity index (χ4v) is 0. The summed E-state index contributed by atoms with van der Waals surface area (Å²) in [5, 5.41) is 7.57. The van der Waals surface area contributed by atoms with Crippen molar-refractivity contribution in [3.8, 4) is 0 Å². The number of aliphatic hydroxyl groups is 1.